The Morgan fingerprint density at radius 2 is 1.50 bits per heavy atom. The summed E-state index contributed by atoms with van der Waals surface area (Å²) < 4.78 is 10.6. The van der Waals surface area contributed by atoms with Gasteiger partial charge in [0.15, 0.2) is 0 Å². The molecule has 0 atom stereocenters. The number of aliphatic hydroxyl groups excluding tert-OH is 1. The van der Waals surface area contributed by atoms with Gasteiger partial charge in [-0.05, 0) is 13.8 Å². The topological polar surface area (TPSA) is 139 Å². The maximum Gasteiger partial charge on any atom is 0.229 e. The molecule has 1 aromatic heterocycles. The van der Waals surface area contributed by atoms with Gasteiger partial charge in [-0.3, -0.25) is 0 Å². The summed E-state index contributed by atoms with van der Waals surface area (Å²) in [5.41, 5.74) is 5.32. The van der Waals surface area contributed by atoms with Crippen molar-refractivity contribution in [2.75, 3.05) is 68.6 Å². The lowest BCUT2D eigenvalue weighted by molar-refractivity contribution is 0.0547. The molecule has 138 valence electrons. The van der Waals surface area contributed by atoms with Gasteiger partial charge in [-0.15, -0.1) is 0 Å². The molecule has 0 amide bonds. The number of hydrogen-bond acceptors (Lipinski definition) is 10. The van der Waals surface area contributed by atoms with Crippen LogP contribution < -0.4 is 21.7 Å². The second-order valence-corrected chi connectivity index (χ2v) is 5.20. The van der Waals surface area contributed by atoms with E-state index in [9.17, 15) is 0 Å². The van der Waals surface area contributed by atoms with Crippen LogP contribution in [0.3, 0.4) is 0 Å². The molecule has 0 radical (unpaired) electrons. The second kappa shape index (κ2) is 12.6. The Hall–Kier alpha value is -1.75. The largest absolute Gasteiger partial charge is 0.395 e. The molecular formula is C14H29N7O3. The summed E-state index contributed by atoms with van der Waals surface area (Å²) >= 11 is 0. The minimum Gasteiger partial charge on any atom is -0.395 e. The molecule has 0 bridgehead atoms. The van der Waals surface area contributed by atoms with Crippen LogP contribution in [0.2, 0.25) is 0 Å². The Kier molecular flexibility index (Phi) is 10.7. The van der Waals surface area contributed by atoms with Crippen molar-refractivity contribution in [3.63, 3.8) is 0 Å². The quantitative estimate of drug-likeness (QED) is 0.281. The Labute approximate surface area is 142 Å². The standard InChI is InChI=1S/C14H29N7O3/c1-11(2)18-14-20-12(16-4-6-22)19-13(21-14)17-5-8-24-10-9-23-7-3-15/h11,22H,3-10,15H2,1-2H3,(H3,16,17,18,19,20,21). The molecule has 0 aliphatic carbocycles. The average molecular weight is 343 g/mol. The molecule has 10 heteroatoms. The zero-order valence-corrected chi connectivity index (χ0v) is 14.4. The summed E-state index contributed by atoms with van der Waals surface area (Å²) in [4.78, 5) is 12.8. The predicted molar refractivity (Wildman–Crippen MR) is 93.3 cm³/mol. The monoisotopic (exact) mass is 343 g/mol. The van der Waals surface area contributed by atoms with E-state index in [1.54, 1.807) is 0 Å². The maximum absolute atomic E-state index is 8.89. The first kappa shape index (κ1) is 20.3. The van der Waals surface area contributed by atoms with Crippen molar-refractivity contribution in [3.05, 3.63) is 0 Å². The van der Waals surface area contributed by atoms with Gasteiger partial charge in [0.2, 0.25) is 17.8 Å². The second-order valence-electron chi connectivity index (χ2n) is 5.20. The molecule has 0 fully saturated rings. The third-order valence-electron chi connectivity index (χ3n) is 2.61. The van der Waals surface area contributed by atoms with E-state index < -0.39 is 0 Å². The fraction of sp³-hybridized carbons (Fsp3) is 0.786. The summed E-state index contributed by atoms with van der Waals surface area (Å²) in [6, 6.07) is 0.197. The molecule has 0 spiro atoms. The van der Waals surface area contributed by atoms with Crippen molar-refractivity contribution in [1.29, 1.82) is 0 Å². The fourth-order valence-corrected chi connectivity index (χ4v) is 1.66. The van der Waals surface area contributed by atoms with Gasteiger partial charge in [0.05, 0.1) is 33.0 Å². The summed E-state index contributed by atoms with van der Waals surface area (Å²) in [5, 5.41) is 18.0. The van der Waals surface area contributed by atoms with Crippen LogP contribution in [0, 0.1) is 0 Å². The highest BCUT2D eigenvalue weighted by molar-refractivity contribution is 5.42. The van der Waals surface area contributed by atoms with Crippen LogP contribution in [0.1, 0.15) is 13.8 Å². The van der Waals surface area contributed by atoms with Crippen molar-refractivity contribution < 1.29 is 14.6 Å². The van der Waals surface area contributed by atoms with E-state index in [0.717, 1.165) is 0 Å². The minimum atomic E-state index is 0.00144. The predicted octanol–water partition coefficient (Wildman–Crippen LogP) is -0.500. The van der Waals surface area contributed by atoms with Crippen LogP contribution >= 0.6 is 0 Å². The summed E-state index contributed by atoms with van der Waals surface area (Å²) in [7, 11) is 0. The van der Waals surface area contributed by atoms with Crippen LogP contribution in [-0.2, 0) is 9.47 Å². The third kappa shape index (κ3) is 9.40. The summed E-state index contributed by atoms with van der Waals surface area (Å²) in [5.74, 6) is 1.32. The van der Waals surface area contributed by atoms with Crippen molar-refractivity contribution in [3.8, 4) is 0 Å². The Bertz CT molecular complexity index is 448. The molecule has 0 saturated heterocycles. The number of nitrogens with zero attached hydrogens (tertiary/aromatic N) is 3. The smallest absolute Gasteiger partial charge is 0.229 e. The molecule has 0 aromatic carbocycles. The van der Waals surface area contributed by atoms with E-state index in [1.165, 1.54) is 0 Å². The van der Waals surface area contributed by atoms with Gasteiger partial charge in [-0.1, -0.05) is 0 Å². The Balaban J connectivity index is 2.41. The highest BCUT2D eigenvalue weighted by atomic mass is 16.5. The van der Waals surface area contributed by atoms with Crippen LogP contribution in [0.4, 0.5) is 17.8 Å². The molecule has 6 N–H and O–H groups in total. The lowest BCUT2D eigenvalue weighted by atomic mass is 10.4. The number of aliphatic hydroxyl groups is 1. The SMILES string of the molecule is CC(C)Nc1nc(NCCO)nc(NCCOCCOCCN)n1. The highest BCUT2D eigenvalue weighted by Gasteiger charge is 2.07. The zero-order chi connectivity index (χ0) is 17.6. The molecule has 1 rings (SSSR count). The van der Waals surface area contributed by atoms with E-state index in [4.69, 9.17) is 20.3 Å². The molecule has 0 unspecified atom stereocenters. The van der Waals surface area contributed by atoms with E-state index in [1.807, 2.05) is 13.8 Å². The van der Waals surface area contributed by atoms with Gasteiger partial charge in [0.25, 0.3) is 0 Å². The van der Waals surface area contributed by atoms with Gasteiger partial charge in [0, 0.05) is 25.7 Å². The third-order valence-corrected chi connectivity index (χ3v) is 2.61. The first-order chi connectivity index (χ1) is 11.7. The summed E-state index contributed by atoms with van der Waals surface area (Å²) in [6.07, 6.45) is 0. The number of nitrogens with one attached hydrogen (secondary N) is 3. The first-order valence-corrected chi connectivity index (χ1v) is 8.12. The van der Waals surface area contributed by atoms with Crippen LogP contribution in [0.15, 0.2) is 0 Å². The van der Waals surface area contributed by atoms with Crippen LogP contribution in [0.5, 0.6) is 0 Å². The van der Waals surface area contributed by atoms with Gasteiger partial charge in [-0.2, -0.15) is 15.0 Å². The van der Waals surface area contributed by atoms with Crippen molar-refractivity contribution >= 4 is 17.8 Å². The number of anilines is 3. The van der Waals surface area contributed by atoms with Crippen molar-refractivity contribution in [2.24, 2.45) is 5.73 Å². The van der Waals surface area contributed by atoms with E-state index >= 15 is 0 Å². The van der Waals surface area contributed by atoms with Gasteiger partial charge in [-0.25, -0.2) is 0 Å². The van der Waals surface area contributed by atoms with Gasteiger partial charge >= 0.3 is 0 Å². The molecule has 1 heterocycles. The minimum absolute atomic E-state index is 0.00144. The van der Waals surface area contributed by atoms with Gasteiger partial charge < -0.3 is 36.3 Å². The number of rotatable bonds is 14. The normalized spacial score (nSPS) is 10.9. The molecule has 0 saturated carbocycles. The van der Waals surface area contributed by atoms with E-state index in [0.29, 0.717) is 63.9 Å². The Morgan fingerprint density at radius 3 is 2.08 bits per heavy atom. The highest BCUT2D eigenvalue weighted by Crippen LogP contribution is 2.09. The van der Waals surface area contributed by atoms with Gasteiger partial charge in [0.1, 0.15) is 0 Å². The molecule has 0 aliphatic rings. The van der Waals surface area contributed by atoms with Crippen molar-refractivity contribution in [2.45, 2.75) is 19.9 Å². The molecule has 1 aromatic rings. The molecule has 24 heavy (non-hydrogen) atoms. The molecular weight excluding hydrogens is 314 g/mol. The molecule has 10 nitrogen and oxygen atoms in total. The average Bonchev–Trinajstić information content (AvgIpc) is 2.54. The first-order valence-electron chi connectivity index (χ1n) is 8.12. The lowest BCUT2D eigenvalue weighted by Crippen LogP contribution is -2.19. The lowest BCUT2D eigenvalue weighted by Gasteiger charge is -2.12. The number of hydrogen-bond donors (Lipinski definition) is 5. The number of aromatic nitrogens is 3. The maximum atomic E-state index is 8.89. The van der Waals surface area contributed by atoms with Crippen LogP contribution in [0.25, 0.3) is 0 Å². The van der Waals surface area contributed by atoms with Crippen molar-refractivity contribution in [1.82, 2.24) is 15.0 Å². The Morgan fingerprint density at radius 1 is 0.917 bits per heavy atom. The number of ether oxygens (including phenoxy) is 2. The summed E-state index contributed by atoms with van der Waals surface area (Å²) in [6.45, 7) is 7.53. The van der Waals surface area contributed by atoms with E-state index in [-0.39, 0.29) is 12.6 Å². The van der Waals surface area contributed by atoms with E-state index in [2.05, 4.69) is 30.9 Å². The fourth-order valence-electron chi connectivity index (χ4n) is 1.66. The number of nitrogens with two attached hydrogens (primary N) is 1. The zero-order valence-electron chi connectivity index (χ0n) is 14.4. The van der Waals surface area contributed by atoms with Crippen LogP contribution in [-0.4, -0.2) is 78.8 Å². The molecule has 0 aliphatic heterocycles.